The van der Waals surface area contributed by atoms with Gasteiger partial charge >= 0.3 is 0 Å². The zero-order chi connectivity index (χ0) is 19.4. The van der Waals surface area contributed by atoms with Crippen molar-refractivity contribution in [2.24, 2.45) is 0 Å². The van der Waals surface area contributed by atoms with Crippen molar-refractivity contribution >= 4 is 35.3 Å². The molecule has 26 heavy (non-hydrogen) atoms. The van der Waals surface area contributed by atoms with Crippen molar-refractivity contribution in [3.05, 3.63) is 69.8 Å². The van der Waals surface area contributed by atoms with Crippen molar-refractivity contribution in [3.8, 4) is 0 Å². The van der Waals surface area contributed by atoms with Crippen LogP contribution in [0, 0.1) is 0 Å². The van der Waals surface area contributed by atoms with Gasteiger partial charge in [0.2, 0.25) is 0 Å². The molecule has 0 amide bonds. The molecule has 0 heterocycles. The van der Waals surface area contributed by atoms with Crippen LogP contribution in [0.3, 0.4) is 0 Å². The number of benzene rings is 2. The standard InChI is InChI=1S/C22H20O4/c1-13(23)19-9-5-7-17(21(19)15(3)25)11-12-18-8-6-10-20(14(2)24)22(18)16(4)26/h5-12H,1-4H3/b12-11+. The number of carbonyl (C=O) groups is 4. The lowest BCUT2D eigenvalue weighted by atomic mass is 9.93. The van der Waals surface area contributed by atoms with Crippen LogP contribution in [0.15, 0.2) is 36.4 Å². The van der Waals surface area contributed by atoms with E-state index in [0.717, 1.165) is 0 Å². The Labute approximate surface area is 152 Å². The van der Waals surface area contributed by atoms with Crippen molar-refractivity contribution in [2.45, 2.75) is 27.7 Å². The molecule has 4 nitrogen and oxygen atoms in total. The Kier molecular flexibility index (Phi) is 5.78. The molecule has 0 radical (unpaired) electrons. The lowest BCUT2D eigenvalue weighted by Crippen LogP contribution is -2.07. The van der Waals surface area contributed by atoms with E-state index >= 15 is 0 Å². The highest BCUT2D eigenvalue weighted by atomic mass is 16.1. The molecule has 0 aliphatic rings. The van der Waals surface area contributed by atoms with Crippen LogP contribution < -0.4 is 0 Å². The van der Waals surface area contributed by atoms with Crippen molar-refractivity contribution in [2.75, 3.05) is 0 Å². The van der Waals surface area contributed by atoms with Crippen molar-refractivity contribution in [1.82, 2.24) is 0 Å². The van der Waals surface area contributed by atoms with Gasteiger partial charge in [0.15, 0.2) is 23.1 Å². The smallest absolute Gasteiger partial charge is 0.161 e. The molecular weight excluding hydrogens is 328 g/mol. The summed E-state index contributed by atoms with van der Waals surface area (Å²) in [5, 5.41) is 0. The summed E-state index contributed by atoms with van der Waals surface area (Å²) >= 11 is 0. The summed E-state index contributed by atoms with van der Waals surface area (Å²) in [4.78, 5) is 47.7. The molecule has 0 unspecified atom stereocenters. The Morgan fingerprint density at radius 3 is 1.19 bits per heavy atom. The SMILES string of the molecule is CC(=O)c1cccc(/C=C/c2cccc(C(C)=O)c2C(C)=O)c1C(C)=O. The van der Waals surface area contributed by atoms with Crippen LogP contribution in [-0.4, -0.2) is 23.1 Å². The first kappa shape index (κ1) is 19.2. The zero-order valence-corrected chi connectivity index (χ0v) is 15.3. The van der Waals surface area contributed by atoms with Gasteiger partial charge in [-0.3, -0.25) is 19.2 Å². The predicted octanol–water partition coefficient (Wildman–Crippen LogP) is 4.67. The maximum absolute atomic E-state index is 12.0. The summed E-state index contributed by atoms with van der Waals surface area (Å²) in [5.41, 5.74) is 2.61. The van der Waals surface area contributed by atoms with E-state index < -0.39 is 0 Å². The minimum absolute atomic E-state index is 0.187. The molecule has 0 bridgehead atoms. The monoisotopic (exact) mass is 348 g/mol. The quantitative estimate of drug-likeness (QED) is 0.562. The molecule has 2 rings (SSSR count). The molecule has 0 aliphatic carbocycles. The van der Waals surface area contributed by atoms with Crippen LogP contribution >= 0.6 is 0 Å². The number of carbonyl (C=O) groups excluding carboxylic acids is 4. The Morgan fingerprint density at radius 2 is 0.923 bits per heavy atom. The summed E-state index contributed by atoms with van der Waals surface area (Å²) in [6.45, 7) is 5.66. The van der Waals surface area contributed by atoms with Gasteiger partial charge in [-0.15, -0.1) is 0 Å². The van der Waals surface area contributed by atoms with Crippen LogP contribution in [0.4, 0.5) is 0 Å². The second-order valence-electron chi connectivity index (χ2n) is 6.10. The average Bonchev–Trinajstić information content (AvgIpc) is 2.58. The second kappa shape index (κ2) is 7.83. The fourth-order valence-corrected chi connectivity index (χ4v) is 2.97. The third-order valence-electron chi connectivity index (χ3n) is 4.10. The summed E-state index contributed by atoms with van der Waals surface area (Å²) in [6.07, 6.45) is 3.38. The third kappa shape index (κ3) is 3.91. The summed E-state index contributed by atoms with van der Waals surface area (Å²) in [7, 11) is 0. The van der Waals surface area contributed by atoms with E-state index in [4.69, 9.17) is 0 Å². The van der Waals surface area contributed by atoms with Crippen molar-refractivity contribution < 1.29 is 19.2 Å². The summed E-state index contributed by atoms with van der Waals surface area (Å²) in [6, 6.07) is 10.1. The highest BCUT2D eigenvalue weighted by Gasteiger charge is 2.16. The lowest BCUT2D eigenvalue weighted by molar-refractivity contribution is 0.0980. The largest absolute Gasteiger partial charge is 0.294 e. The van der Waals surface area contributed by atoms with Gasteiger partial charge in [0.25, 0.3) is 0 Å². The van der Waals surface area contributed by atoms with E-state index in [1.54, 1.807) is 48.6 Å². The number of ketones is 4. The van der Waals surface area contributed by atoms with Crippen molar-refractivity contribution in [3.63, 3.8) is 0 Å². The first-order valence-corrected chi connectivity index (χ1v) is 8.22. The summed E-state index contributed by atoms with van der Waals surface area (Å²) in [5.74, 6) is -0.790. The van der Waals surface area contributed by atoms with Crippen LogP contribution in [-0.2, 0) is 0 Å². The van der Waals surface area contributed by atoms with E-state index in [1.807, 2.05) is 0 Å². The Morgan fingerprint density at radius 1 is 0.577 bits per heavy atom. The number of hydrogen-bond donors (Lipinski definition) is 0. The molecule has 0 N–H and O–H groups in total. The number of hydrogen-bond acceptors (Lipinski definition) is 4. The summed E-state index contributed by atoms with van der Waals surface area (Å²) < 4.78 is 0. The molecule has 2 aromatic rings. The van der Waals surface area contributed by atoms with E-state index in [2.05, 4.69) is 0 Å². The normalized spacial score (nSPS) is 10.8. The van der Waals surface area contributed by atoms with E-state index in [0.29, 0.717) is 33.4 Å². The van der Waals surface area contributed by atoms with Gasteiger partial charge in [0.05, 0.1) is 0 Å². The van der Waals surface area contributed by atoms with Gasteiger partial charge in [-0.25, -0.2) is 0 Å². The Balaban J connectivity index is 2.62. The fourth-order valence-electron chi connectivity index (χ4n) is 2.97. The second-order valence-corrected chi connectivity index (χ2v) is 6.10. The Hall–Kier alpha value is -3.14. The molecule has 0 saturated carbocycles. The van der Waals surface area contributed by atoms with Gasteiger partial charge in [0.1, 0.15) is 0 Å². The molecular formula is C22H20O4. The molecule has 4 heteroatoms. The predicted molar refractivity (Wildman–Crippen MR) is 102 cm³/mol. The fraction of sp³-hybridized carbons (Fsp3) is 0.182. The number of rotatable bonds is 6. The van der Waals surface area contributed by atoms with Crippen LogP contribution in [0.5, 0.6) is 0 Å². The molecule has 0 fully saturated rings. The van der Waals surface area contributed by atoms with Crippen LogP contribution in [0.1, 0.15) is 80.3 Å². The van der Waals surface area contributed by atoms with Gasteiger partial charge in [-0.1, -0.05) is 48.6 Å². The van der Waals surface area contributed by atoms with Crippen LogP contribution in [0.25, 0.3) is 12.2 Å². The zero-order valence-electron chi connectivity index (χ0n) is 15.3. The van der Waals surface area contributed by atoms with Gasteiger partial charge in [-0.05, 0) is 38.8 Å². The van der Waals surface area contributed by atoms with Crippen molar-refractivity contribution in [1.29, 1.82) is 0 Å². The van der Waals surface area contributed by atoms with E-state index in [1.165, 1.54) is 27.7 Å². The maximum Gasteiger partial charge on any atom is 0.161 e. The molecule has 132 valence electrons. The first-order chi connectivity index (χ1) is 12.2. The molecule has 0 spiro atoms. The highest BCUT2D eigenvalue weighted by Crippen LogP contribution is 2.22. The minimum atomic E-state index is -0.209. The lowest BCUT2D eigenvalue weighted by Gasteiger charge is -2.09. The number of Topliss-reactive ketones (excluding diaryl/α,β-unsaturated/α-hetero) is 4. The topological polar surface area (TPSA) is 68.3 Å². The molecule has 0 aromatic heterocycles. The van der Waals surface area contributed by atoms with Gasteiger partial charge in [0, 0.05) is 22.3 Å². The first-order valence-electron chi connectivity index (χ1n) is 8.22. The van der Waals surface area contributed by atoms with E-state index in [9.17, 15) is 19.2 Å². The molecule has 0 aliphatic heterocycles. The van der Waals surface area contributed by atoms with Gasteiger partial charge < -0.3 is 0 Å². The molecule has 2 aromatic carbocycles. The molecule has 0 atom stereocenters. The highest BCUT2D eigenvalue weighted by molar-refractivity contribution is 6.11. The minimum Gasteiger partial charge on any atom is -0.294 e. The van der Waals surface area contributed by atoms with Crippen LogP contribution in [0.2, 0.25) is 0 Å². The maximum atomic E-state index is 12.0. The average molecular weight is 348 g/mol. The molecule has 0 saturated heterocycles. The van der Waals surface area contributed by atoms with Gasteiger partial charge in [-0.2, -0.15) is 0 Å². The van der Waals surface area contributed by atoms with E-state index in [-0.39, 0.29) is 23.1 Å². The third-order valence-corrected chi connectivity index (χ3v) is 4.10. The Bertz CT molecular complexity index is 871.